The van der Waals surface area contributed by atoms with Gasteiger partial charge < -0.3 is 10.6 Å². The number of rotatable bonds is 3. The van der Waals surface area contributed by atoms with Crippen LogP contribution in [0.3, 0.4) is 0 Å². The molecule has 2 aliphatic rings. The van der Waals surface area contributed by atoms with Gasteiger partial charge >= 0.3 is 0 Å². The predicted octanol–water partition coefficient (Wildman–Crippen LogP) is 0.996. The number of carbonyl (C=O) groups is 1. The fourth-order valence-corrected chi connectivity index (χ4v) is 3.05. The summed E-state index contributed by atoms with van der Waals surface area (Å²) in [4.78, 5) is 11.9. The molecule has 0 aromatic carbocycles. The van der Waals surface area contributed by atoms with E-state index in [1.807, 2.05) is 11.8 Å². The van der Waals surface area contributed by atoms with Gasteiger partial charge in [-0.25, -0.2) is 0 Å². The van der Waals surface area contributed by atoms with Crippen molar-refractivity contribution in [3.8, 4) is 0 Å². The van der Waals surface area contributed by atoms with Crippen LogP contribution in [0, 0.1) is 5.92 Å². The first-order chi connectivity index (χ1) is 7.27. The second-order valence-electron chi connectivity index (χ2n) is 4.57. The highest BCUT2D eigenvalue weighted by Crippen LogP contribution is 2.29. The summed E-state index contributed by atoms with van der Waals surface area (Å²) >= 11 is 1.86. The van der Waals surface area contributed by atoms with Crippen LogP contribution in [0.15, 0.2) is 0 Å². The number of hydrogen-bond acceptors (Lipinski definition) is 3. The second-order valence-corrected chi connectivity index (χ2v) is 5.72. The van der Waals surface area contributed by atoms with E-state index < -0.39 is 0 Å². The van der Waals surface area contributed by atoms with Gasteiger partial charge in [0, 0.05) is 24.1 Å². The molecule has 2 atom stereocenters. The molecule has 4 heteroatoms. The third-order valence-corrected chi connectivity index (χ3v) is 4.53. The summed E-state index contributed by atoms with van der Waals surface area (Å²) in [5.74, 6) is 2.97. The van der Waals surface area contributed by atoms with Gasteiger partial charge in [-0.15, -0.1) is 0 Å². The summed E-state index contributed by atoms with van der Waals surface area (Å²) in [5.41, 5.74) is 0. The highest BCUT2D eigenvalue weighted by Gasteiger charge is 2.28. The van der Waals surface area contributed by atoms with Crippen molar-refractivity contribution >= 4 is 17.7 Å². The lowest BCUT2D eigenvalue weighted by Crippen LogP contribution is -2.52. The molecule has 1 saturated carbocycles. The molecule has 1 aliphatic carbocycles. The van der Waals surface area contributed by atoms with Gasteiger partial charge in [0.2, 0.25) is 5.91 Å². The van der Waals surface area contributed by atoms with Gasteiger partial charge in [-0.2, -0.15) is 11.8 Å². The first-order valence-corrected chi connectivity index (χ1v) is 7.04. The fourth-order valence-electron chi connectivity index (χ4n) is 2.12. The average Bonchev–Trinajstić information content (AvgIpc) is 2.16. The topological polar surface area (TPSA) is 41.1 Å². The summed E-state index contributed by atoms with van der Waals surface area (Å²) in [6, 6.07) is 0.395. The molecular formula is C11H20N2OS. The van der Waals surface area contributed by atoms with E-state index in [0.717, 1.165) is 24.0 Å². The first-order valence-electron chi connectivity index (χ1n) is 5.89. The Morgan fingerprint density at radius 1 is 1.53 bits per heavy atom. The normalized spacial score (nSPS) is 29.3. The van der Waals surface area contributed by atoms with Crippen LogP contribution in [0.5, 0.6) is 0 Å². The largest absolute Gasteiger partial charge is 0.352 e. The van der Waals surface area contributed by atoms with E-state index in [0.29, 0.717) is 6.04 Å². The molecular weight excluding hydrogens is 208 g/mol. The molecule has 1 heterocycles. The van der Waals surface area contributed by atoms with Gasteiger partial charge in [0.25, 0.3) is 0 Å². The monoisotopic (exact) mass is 228 g/mol. The van der Waals surface area contributed by atoms with E-state index in [4.69, 9.17) is 0 Å². The molecule has 0 aromatic heterocycles. The Kier molecular flexibility index (Phi) is 3.92. The third kappa shape index (κ3) is 2.88. The molecule has 1 aliphatic heterocycles. The number of hydrogen-bond donors (Lipinski definition) is 2. The van der Waals surface area contributed by atoms with Crippen LogP contribution >= 0.6 is 11.8 Å². The van der Waals surface area contributed by atoms with Gasteiger partial charge in [-0.05, 0) is 25.7 Å². The zero-order valence-corrected chi connectivity index (χ0v) is 10.1. The van der Waals surface area contributed by atoms with Crippen molar-refractivity contribution in [1.29, 1.82) is 0 Å². The molecule has 0 aromatic rings. The lowest BCUT2D eigenvalue weighted by atomic mass is 9.80. The average molecular weight is 228 g/mol. The van der Waals surface area contributed by atoms with E-state index in [1.54, 1.807) is 0 Å². The van der Waals surface area contributed by atoms with E-state index in [-0.39, 0.29) is 11.9 Å². The molecule has 15 heavy (non-hydrogen) atoms. The summed E-state index contributed by atoms with van der Waals surface area (Å²) in [6.07, 6.45) is 3.91. The van der Waals surface area contributed by atoms with Crippen molar-refractivity contribution in [2.24, 2.45) is 5.92 Å². The second kappa shape index (κ2) is 5.21. The van der Waals surface area contributed by atoms with Crippen molar-refractivity contribution in [2.75, 3.05) is 18.1 Å². The minimum atomic E-state index is 0.0336. The molecule has 0 radical (unpaired) electrons. The Morgan fingerprint density at radius 3 is 2.87 bits per heavy atom. The third-order valence-electron chi connectivity index (χ3n) is 3.47. The molecule has 2 fully saturated rings. The maximum Gasteiger partial charge on any atom is 0.238 e. The van der Waals surface area contributed by atoms with Gasteiger partial charge in [0.05, 0.1) is 6.04 Å². The molecule has 3 nitrogen and oxygen atoms in total. The van der Waals surface area contributed by atoms with Crippen molar-refractivity contribution in [2.45, 2.75) is 38.3 Å². The molecule has 2 N–H and O–H groups in total. The molecule has 86 valence electrons. The van der Waals surface area contributed by atoms with Crippen LogP contribution < -0.4 is 10.6 Å². The Morgan fingerprint density at radius 2 is 2.33 bits per heavy atom. The van der Waals surface area contributed by atoms with Crippen molar-refractivity contribution in [3.05, 3.63) is 0 Å². The summed E-state index contributed by atoms with van der Waals surface area (Å²) in [5, 5.41) is 6.40. The van der Waals surface area contributed by atoms with Crippen LogP contribution in [0.2, 0.25) is 0 Å². The van der Waals surface area contributed by atoms with Crippen LogP contribution in [0.4, 0.5) is 0 Å². The lowest BCUT2D eigenvalue weighted by molar-refractivity contribution is -0.123. The number of thioether (sulfide) groups is 1. The first kappa shape index (κ1) is 11.3. The van der Waals surface area contributed by atoms with Gasteiger partial charge in [-0.3, -0.25) is 4.79 Å². The van der Waals surface area contributed by atoms with E-state index >= 15 is 0 Å². The standard InChI is InChI=1S/C11H20N2OS/c1-8(9-3-2-4-9)13-11(14)10-7-15-6-5-12-10/h8-10,12H,2-7H2,1H3,(H,13,14). The van der Waals surface area contributed by atoms with E-state index in [9.17, 15) is 4.79 Å². The Hall–Kier alpha value is -0.220. The highest BCUT2D eigenvalue weighted by molar-refractivity contribution is 7.99. The quantitative estimate of drug-likeness (QED) is 0.757. The van der Waals surface area contributed by atoms with E-state index in [1.165, 1.54) is 19.3 Å². The zero-order chi connectivity index (χ0) is 10.7. The lowest BCUT2D eigenvalue weighted by Gasteiger charge is -2.33. The summed E-state index contributed by atoms with van der Waals surface area (Å²) < 4.78 is 0. The minimum absolute atomic E-state index is 0.0336. The predicted molar refractivity (Wildman–Crippen MR) is 64.1 cm³/mol. The number of nitrogens with one attached hydrogen (secondary N) is 2. The molecule has 0 spiro atoms. The SMILES string of the molecule is CC(NC(=O)C1CSCCN1)C1CCC1. The van der Waals surface area contributed by atoms with Crippen molar-refractivity contribution < 1.29 is 4.79 Å². The van der Waals surface area contributed by atoms with Crippen LogP contribution in [-0.4, -0.2) is 36.0 Å². The van der Waals surface area contributed by atoms with E-state index in [2.05, 4.69) is 17.6 Å². The molecule has 1 amide bonds. The zero-order valence-electron chi connectivity index (χ0n) is 9.29. The van der Waals surface area contributed by atoms with Gasteiger partial charge in [-0.1, -0.05) is 6.42 Å². The summed E-state index contributed by atoms with van der Waals surface area (Å²) in [7, 11) is 0. The Labute approximate surface area is 95.8 Å². The maximum absolute atomic E-state index is 11.9. The van der Waals surface area contributed by atoms with Gasteiger partial charge in [0.15, 0.2) is 0 Å². The summed E-state index contributed by atoms with van der Waals surface area (Å²) in [6.45, 7) is 3.10. The Balaban J connectivity index is 1.74. The van der Waals surface area contributed by atoms with Crippen LogP contribution in [0.25, 0.3) is 0 Å². The van der Waals surface area contributed by atoms with Crippen molar-refractivity contribution in [1.82, 2.24) is 10.6 Å². The number of carbonyl (C=O) groups excluding carboxylic acids is 1. The van der Waals surface area contributed by atoms with Gasteiger partial charge in [0.1, 0.15) is 0 Å². The maximum atomic E-state index is 11.9. The molecule has 1 saturated heterocycles. The number of amides is 1. The molecule has 2 rings (SSSR count). The van der Waals surface area contributed by atoms with Crippen LogP contribution in [-0.2, 0) is 4.79 Å². The Bertz CT molecular complexity index is 225. The smallest absolute Gasteiger partial charge is 0.238 e. The van der Waals surface area contributed by atoms with Crippen LogP contribution in [0.1, 0.15) is 26.2 Å². The highest BCUT2D eigenvalue weighted by atomic mass is 32.2. The molecule has 2 unspecified atom stereocenters. The minimum Gasteiger partial charge on any atom is -0.352 e. The van der Waals surface area contributed by atoms with Crippen molar-refractivity contribution in [3.63, 3.8) is 0 Å². The molecule has 0 bridgehead atoms. The fraction of sp³-hybridized carbons (Fsp3) is 0.909.